The minimum absolute atomic E-state index is 0.0816. The molecular weight excluding hydrogens is 180 g/mol. The molecule has 4 nitrogen and oxygen atoms in total. The fraction of sp³-hybridized carbons (Fsp3) is 0. The van der Waals surface area contributed by atoms with Crippen LogP contribution in [0.3, 0.4) is 0 Å². The molecular formula is C10H8N2O2. The highest BCUT2D eigenvalue weighted by atomic mass is 16.5. The van der Waals surface area contributed by atoms with Crippen LogP contribution in [-0.2, 0) is 0 Å². The summed E-state index contributed by atoms with van der Waals surface area (Å²) in [5, 5.41) is 16.8. The molecule has 0 saturated heterocycles. The van der Waals surface area contributed by atoms with Gasteiger partial charge in [-0.3, -0.25) is 0 Å². The Morgan fingerprint density at radius 2 is 1.93 bits per heavy atom. The van der Waals surface area contributed by atoms with Crippen molar-refractivity contribution in [3.8, 4) is 17.4 Å². The predicted molar refractivity (Wildman–Crippen MR) is 50.2 cm³/mol. The fourth-order valence-corrected chi connectivity index (χ4v) is 0.998. The number of aromatic nitrogens is 2. The van der Waals surface area contributed by atoms with Gasteiger partial charge in [-0.25, -0.2) is 0 Å². The van der Waals surface area contributed by atoms with E-state index in [9.17, 15) is 5.11 Å². The number of hydrogen-bond donors (Lipinski definition) is 1. The highest BCUT2D eigenvalue weighted by Crippen LogP contribution is 2.28. The van der Waals surface area contributed by atoms with Crippen LogP contribution in [0.4, 0.5) is 0 Å². The Hall–Kier alpha value is -2.10. The maximum Gasteiger partial charge on any atom is 0.239 e. The Kier molecular flexibility index (Phi) is 2.27. The first kappa shape index (κ1) is 8.50. The van der Waals surface area contributed by atoms with Crippen LogP contribution in [0.1, 0.15) is 0 Å². The number of nitrogens with zero attached hydrogens (tertiary/aromatic N) is 2. The molecule has 2 aromatic rings. The molecule has 70 valence electrons. The molecule has 0 aliphatic heterocycles. The molecule has 0 aliphatic rings. The van der Waals surface area contributed by atoms with Gasteiger partial charge < -0.3 is 9.84 Å². The lowest BCUT2D eigenvalue weighted by Crippen LogP contribution is -1.88. The van der Waals surface area contributed by atoms with E-state index < -0.39 is 0 Å². The van der Waals surface area contributed by atoms with Crippen LogP contribution < -0.4 is 4.74 Å². The van der Waals surface area contributed by atoms with E-state index in [0.29, 0.717) is 11.6 Å². The summed E-state index contributed by atoms with van der Waals surface area (Å²) in [6.45, 7) is 0. The van der Waals surface area contributed by atoms with E-state index in [4.69, 9.17) is 4.74 Å². The van der Waals surface area contributed by atoms with Gasteiger partial charge in [-0.2, -0.15) is 5.10 Å². The molecule has 1 heterocycles. The second-order valence-electron chi connectivity index (χ2n) is 2.63. The van der Waals surface area contributed by atoms with Crippen LogP contribution in [0.15, 0.2) is 42.6 Å². The van der Waals surface area contributed by atoms with Crippen molar-refractivity contribution in [2.45, 2.75) is 0 Å². The van der Waals surface area contributed by atoms with Crippen molar-refractivity contribution in [3.05, 3.63) is 42.6 Å². The number of aromatic hydroxyl groups is 1. The first-order valence-corrected chi connectivity index (χ1v) is 4.10. The molecule has 14 heavy (non-hydrogen) atoms. The smallest absolute Gasteiger partial charge is 0.239 e. The van der Waals surface area contributed by atoms with Crippen molar-refractivity contribution in [1.82, 2.24) is 10.2 Å². The molecule has 0 bridgehead atoms. The zero-order chi connectivity index (χ0) is 9.80. The van der Waals surface area contributed by atoms with Gasteiger partial charge in [-0.1, -0.05) is 12.1 Å². The number of ether oxygens (including phenoxy) is 1. The number of phenolic OH excluding ortho intramolecular Hbond substituents is 1. The topological polar surface area (TPSA) is 55.2 Å². The fourth-order valence-electron chi connectivity index (χ4n) is 0.998. The van der Waals surface area contributed by atoms with Gasteiger partial charge in [0.25, 0.3) is 0 Å². The summed E-state index contributed by atoms with van der Waals surface area (Å²) in [6.07, 6.45) is 1.55. The average Bonchev–Trinajstić information content (AvgIpc) is 2.23. The van der Waals surface area contributed by atoms with Crippen LogP contribution in [0.5, 0.6) is 17.4 Å². The number of benzene rings is 1. The zero-order valence-electron chi connectivity index (χ0n) is 7.29. The van der Waals surface area contributed by atoms with Gasteiger partial charge in [0.1, 0.15) is 0 Å². The van der Waals surface area contributed by atoms with Crippen molar-refractivity contribution in [1.29, 1.82) is 0 Å². The summed E-state index contributed by atoms with van der Waals surface area (Å²) in [6, 6.07) is 10.1. The van der Waals surface area contributed by atoms with Crippen molar-refractivity contribution in [2.24, 2.45) is 0 Å². The molecule has 0 radical (unpaired) electrons. The largest absolute Gasteiger partial charge is 0.504 e. The van der Waals surface area contributed by atoms with Crippen LogP contribution in [0.25, 0.3) is 0 Å². The minimum atomic E-state index is 0.0816. The highest BCUT2D eigenvalue weighted by Gasteiger charge is 2.02. The van der Waals surface area contributed by atoms with Gasteiger partial charge in [0, 0.05) is 12.3 Å². The summed E-state index contributed by atoms with van der Waals surface area (Å²) in [5.41, 5.74) is 0. The summed E-state index contributed by atoms with van der Waals surface area (Å²) in [7, 11) is 0. The zero-order valence-corrected chi connectivity index (χ0v) is 7.29. The molecule has 0 aliphatic carbocycles. The monoisotopic (exact) mass is 188 g/mol. The molecule has 0 amide bonds. The summed E-state index contributed by atoms with van der Waals surface area (Å²) in [5.74, 6) is 0.806. The standard InChI is InChI=1S/C10H8N2O2/c13-8-4-1-2-5-9(8)14-10-6-3-7-11-12-10/h1-7,13H. The van der Waals surface area contributed by atoms with Gasteiger partial charge in [-0.15, -0.1) is 5.10 Å². The lowest BCUT2D eigenvalue weighted by Gasteiger charge is -2.04. The summed E-state index contributed by atoms with van der Waals surface area (Å²) < 4.78 is 5.29. The molecule has 1 N–H and O–H groups in total. The third-order valence-electron chi connectivity index (χ3n) is 1.63. The van der Waals surface area contributed by atoms with Crippen molar-refractivity contribution < 1.29 is 9.84 Å². The van der Waals surface area contributed by atoms with Crippen molar-refractivity contribution in [3.63, 3.8) is 0 Å². The van der Waals surface area contributed by atoms with Crippen LogP contribution in [-0.4, -0.2) is 15.3 Å². The number of phenols is 1. The Labute approximate surface area is 80.8 Å². The van der Waals surface area contributed by atoms with Gasteiger partial charge in [0.05, 0.1) is 0 Å². The SMILES string of the molecule is Oc1ccccc1Oc1cccnn1. The first-order valence-electron chi connectivity index (χ1n) is 4.10. The molecule has 0 unspecified atom stereocenters. The van der Waals surface area contributed by atoms with E-state index >= 15 is 0 Å². The van der Waals surface area contributed by atoms with Crippen LogP contribution in [0.2, 0.25) is 0 Å². The van der Waals surface area contributed by atoms with Crippen LogP contribution >= 0.6 is 0 Å². The third kappa shape index (κ3) is 1.80. The highest BCUT2D eigenvalue weighted by molar-refractivity contribution is 5.39. The van der Waals surface area contributed by atoms with Crippen molar-refractivity contribution >= 4 is 0 Å². The maximum atomic E-state index is 9.40. The lowest BCUT2D eigenvalue weighted by molar-refractivity contribution is 0.399. The third-order valence-corrected chi connectivity index (χ3v) is 1.63. The van der Waals surface area contributed by atoms with Gasteiger partial charge in [0.15, 0.2) is 11.5 Å². The quantitative estimate of drug-likeness (QED) is 0.782. The Morgan fingerprint density at radius 3 is 2.64 bits per heavy atom. The minimum Gasteiger partial charge on any atom is -0.504 e. The lowest BCUT2D eigenvalue weighted by atomic mass is 10.3. The van der Waals surface area contributed by atoms with Crippen molar-refractivity contribution in [2.75, 3.05) is 0 Å². The van der Waals surface area contributed by atoms with E-state index in [1.807, 2.05) is 0 Å². The van der Waals surface area contributed by atoms with E-state index in [0.717, 1.165) is 0 Å². The van der Waals surface area contributed by atoms with Gasteiger partial charge in [-0.05, 0) is 18.2 Å². The molecule has 0 fully saturated rings. The molecule has 4 heteroatoms. The molecule has 2 rings (SSSR count). The van der Waals surface area contributed by atoms with Crippen LogP contribution in [0, 0.1) is 0 Å². The van der Waals surface area contributed by atoms with E-state index in [1.54, 1.807) is 42.6 Å². The summed E-state index contributed by atoms with van der Waals surface area (Å²) >= 11 is 0. The number of rotatable bonds is 2. The second kappa shape index (κ2) is 3.74. The normalized spacial score (nSPS) is 9.71. The number of hydrogen-bond acceptors (Lipinski definition) is 4. The maximum absolute atomic E-state index is 9.40. The molecule has 0 saturated carbocycles. The summed E-state index contributed by atoms with van der Waals surface area (Å²) in [4.78, 5) is 0. The predicted octanol–water partition coefficient (Wildman–Crippen LogP) is 1.97. The Bertz CT molecular complexity index is 417. The Balaban J connectivity index is 2.24. The molecule has 0 spiro atoms. The van der Waals surface area contributed by atoms with E-state index in [1.165, 1.54) is 0 Å². The number of para-hydroxylation sites is 2. The molecule has 1 aromatic heterocycles. The average molecular weight is 188 g/mol. The van der Waals surface area contributed by atoms with Gasteiger partial charge >= 0.3 is 0 Å². The van der Waals surface area contributed by atoms with E-state index in [2.05, 4.69) is 10.2 Å². The molecule has 0 atom stereocenters. The molecule has 1 aromatic carbocycles. The Morgan fingerprint density at radius 1 is 1.07 bits per heavy atom. The van der Waals surface area contributed by atoms with Gasteiger partial charge in [0.2, 0.25) is 5.88 Å². The first-order chi connectivity index (χ1) is 6.86. The van der Waals surface area contributed by atoms with E-state index in [-0.39, 0.29) is 5.75 Å². The second-order valence-corrected chi connectivity index (χ2v) is 2.63.